The van der Waals surface area contributed by atoms with E-state index in [4.69, 9.17) is 4.74 Å². The lowest BCUT2D eigenvalue weighted by Crippen LogP contribution is -2.35. The maximum Gasteiger partial charge on any atom is 0.307 e. The summed E-state index contributed by atoms with van der Waals surface area (Å²) in [4.78, 5) is 13.3. The summed E-state index contributed by atoms with van der Waals surface area (Å²) < 4.78 is 4.87. The van der Waals surface area contributed by atoms with Crippen LogP contribution in [0.25, 0.3) is 0 Å². The number of hydrogen-bond donors (Lipinski definition) is 1. The van der Waals surface area contributed by atoms with Crippen LogP contribution in [0.2, 0.25) is 0 Å². The fourth-order valence-corrected chi connectivity index (χ4v) is 1.70. The zero-order valence-electron chi connectivity index (χ0n) is 9.08. The fraction of sp³-hybridized carbons (Fsp3) is 0.900. The molecule has 1 fully saturated rings. The predicted molar refractivity (Wildman–Crippen MR) is 55.2 cm³/mol. The highest BCUT2D eigenvalue weighted by Gasteiger charge is 2.19. The summed E-state index contributed by atoms with van der Waals surface area (Å²) in [6, 6.07) is 0.587. The molecule has 1 heterocycles. The molecule has 1 N–H and O–H groups in total. The standard InChI is InChI=1S/C10H20N2O2/c1-3-14-10(13)5-7-12(2)9-4-6-11-8-9/h9,11H,3-8H2,1-2H3. The van der Waals surface area contributed by atoms with Crippen LogP contribution in [0, 0.1) is 0 Å². The van der Waals surface area contributed by atoms with Crippen LogP contribution in [0.15, 0.2) is 0 Å². The summed E-state index contributed by atoms with van der Waals surface area (Å²) in [5.41, 5.74) is 0. The van der Waals surface area contributed by atoms with Gasteiger partial charge in [0.05, 0.1) is 13.0 Å². The molecule has 0 amide bonds. The highest BCUT2D eigenvalue weighted by Crippen LogP contribution is 2.06. The van der Waals surface area contributed by atoms with Crippen molar-refractivity contribution in [3.8, 4) is 0 Å². The van der Waals surface area contributed by atoms with Gasteiger partial charge in [-0.25, -0.2) is 0 Å². The molecule has 0 aromatic carbocycles. The summed E-state index contributed by atoms with van der Waals surface area (Å²) in [7, 11) is 2.07. The third-order valence-electron chi connectivity index (χ3n) is 2.63. The average molecular weight is 200 g/mol. The Hall–Kier alpha value is -0.610. The third kappa shape index (κ3) is 3.64. The van der Waals surface area contributed by atoms with Gasteiger partial charge < -0.3 is 15.0 Å². The van der Waals surface area contributed by atoms with Gasteiger partial charge in [-0.2, -0.15) is 0 Å². The second-order valence-electron chi connectivity index (χ2n) is 3.68. The molecule has 0 bridgehead atoms. The number of ether oxygens (including phenoxy) is 1. The Bertz CT molecular complexity index is 179. The Morgan fingerprint density at radius 1 is 1.64 bits per heavy atom. The van der Waals surface area contributed by atoms with E-state index in [-0.39, 0.29) is 5.97 Å². The van der Waals surface area contributed by atoms with Gasteiger partial charge in [-0.05, 0) is 26.9 Å². The summed E-state index contributed by atoms with van der Waals surface area (Å²) in [6.07, 6.45) is 1.68. The van der Waals surface area contributed by atoms with Crippen LogP contribution in [-0.2, 0) is 9.53 Å². The number of likely N-dealkylation sites (N-methyl/N-ethyl adjacent to an activating group) is 1. The third-order valence-corrected chi connectivity index (χ3v) is 2.63. The fourth-order valence-electron chi connectivity index (χ4n) is 1.70. The first-order chi connectivity index (χ1) is 6.74. The van der Waals surface area contributed by atoms with Gasteiger partial charge in [0.2, 0.25) is 0 Å². The van der Waals surface area contributed by atoms with Crippen molar-refractivity contribution in [3.63, 3.8) is 0 Å². The molecule has 1 aliphatic heterocycles. The number of rotatable bonds is 5. The summed E-state index contributed by atoms with van der Waals surface area (Å²) >= 11 is 0. The minimum atomic E-state index is -0.0923. The molecule has 1 atom stereocenters. The molecule has 1 aliphatic rings. The molecular weight excluding hydrogens is 180 g/mol. The van der Waals surface area contributed by atoms with Gasteiger partial charge in [0.25, 0.3) is 0 Å². The van der Waals surface area contributed by atoms with E-state index >= 15 is 0 Å². The topological polar surface area (TPSA) is 41.6 Å². The van der Waals surface area contributed by atoms with Gasteiger partial charge in [0.1, 0.15) is 0 Å². The van der Waals surface area contributed by atoms with Crippen LogP contribution in [-0.4, -0.2) is 50.2 Å². The molecule has 0 saturated carbocycles. The number of nitrogens with zero attached hydrogens (tertiary/aromatic N) is 1. The Morgan fingerprint density at radius 3 is 3.00 bits per heavy atom. The molecule has 82 valence electrons. The van der Waals surface area contributed by atoms with E-state index in [1.54, 1.807) is 0 Å². The Kier molecular flexibility index (Phi) is 4.90. The number of hydrogen-bond acceptors (Lipinski definition) is 4. The van der Waals surface area contributed by atoms with Crippen molar-refractivity contribution in [2.75, 3.05) is 33.3 Å². The maximum atomic E-state index is 11.1. The summed E-state index contributed by atoms with van der Waals surface area (Å²) in [5, 5.41) is 3.31. The zero-order chi connectivity index (χ0) is 10.4. The van der Waals surface area contributed by atoms with Crippen molar-refractivity contribution >= 4 is 5.97 Å². The molecule has 1 unspecified atom stereocenters. The van der Waals surface area contributed by atoms with Gasteiger partial charge in [0.15, 0.2) is 0 Å². The van der Waals surface area contributed by atoms with Crippen molar-refractivity contribution in [2.24, 2.45) is 0 Å². The summed E-state index contributed by atoms with van der Waals surface area (Å²) in [5.74, 6) is -0.0923. The van der Waals surface area contributed by atoms with Crippen LogP contribution in [0.4, 0.5) is 0 Å². The lowest BCUT2D eigenvalue weighted by atomic mass is 10.2. The van der Waals surface area contributed by atoms with Crippen molar-refractivity contribution < 1.29 is 9.53 Å². The quantitative estimate of drug-likeness (QED) is 0.645. The lowest BCUT2D eigenvalue weighted by Gasteiger charge is -2.22. The molecule has 4 heteroatoms. The SMILES string of the molecule is CCOC(=O)CCN(C)C1CCNC1. The molecular formula is C10H20N2O2. The van der Waals surface area contributed by atoms with Crippen LogP contribution in [0.3, 0.4) is 0 Å². The molecule has 0 aliphatic carbocycles. The second kappa shape index (κ2) is 5.98. The van der Waals surface area contributed by atoms with Crippen LogP contribution >= 0.6 is 0 Å². The molecule has 1 saturated heterocycles. The molecule has 4 nitrogen and oxygen atoms in total. The highest BCUT2D eigenvalue weighted by molar-refractivity contribution is 5.69. The number of carbonyl (C=O) groups is 1. The normalized spacial score (nSPS) is 21.5. The van der Waals surface area contributed by atoms with E-state index < -0.39 is 0 Å². The van der Waals surface area contributed by atoms with Gasteiger partial charge in [0, 0.05) is 19.1 Å². The van der Waals surface area contributed by atoms with E-state index in [1.807, 2.05) is 6.92 Å². The average Bonchev–Trinajstić information content (AvgIpc) is 2.67. The predicted octanol–water partition coefficient (Wildman–Crippen LogP) is 0.233. The number of nitrogens with one attached hydrogen (secondary N) is 1. The van der Waals surface area contributed by atoms with Gasteiger partial charge in [-0.15, -0.1) is 0 Å². The van der Waals surface area contributed by atoms with Crippen molar-refractivity contribution in [2.45, 2.75) is 25.8 Å². The molecule has 0 aromatic rings. The minimum Gasteiger partial charge on any atom is -0.466 e. The van der Waals surface area contributed by atoms with Crippen LogP contribution in [0.1, 0.15) is 19.8 Å². The van der Waals surface area contributed by atoms with Crippen LogP contribution < -0.4 is 5.32 Å². The van der Waals surface area contributed by atoms with Crippen molar-refractivity contribution in [3.05, 3.63) is 0 Å². The first-order valence-electron chi connectivity index (χ1n) is 5.30. The number of carbonyl (C=O) groups excluding carboxylic acids is 1. The Labute approximate surface area is 85.6 Å². The van der Waals surface area contributed by atoms with Gasteiger partial charge >= 0.3 is 5.97 Å². The first-order valence-corrected chi connectivity index (χ1v) is 5.30. The zero-order valence-corrected chi connectivity index (χ0v) is 9.08. The van der Waals surface area contributed by atoms with E-state index in [1.165, 1.54) is 6.42 Å². The Balaban J connectivity index is 2.13. The molecule has 1 rings (SSSR count). The maximum absolute atomic E-state index is 11.1. The highest BCUT2D eigenvalue weighted by atomic mass is 16.5. The minimum absolute atomic E-state index is 0.0923. The molecule has 14 heavy (non-hydrogen) atoms. The number of esters is 1. The Morgan fingerprint density at radius 2 is 2.43 bits per heavy atom. The molecule has 0 radical (unpaired) electrons. The first kappa shape index (κ1) is 11.5. The van der Waals surface area contributed by atoms with E-state index in [0.29, 0.717) is 19.1 Å². The monoisotopic (exact) mass is 200 g/mol. The largest absolute Gasteiger partial charge is 0.466 e. The van der Waals surface area contributed by atoms with E-state index in [0.717, 1.165) is 19.6 Å². The van der Waals surface area contributed by atoms with Crippen LogP contribution in [0.5, 0.6) is 0 Å². The lowest BCUT2D eigenvalue weighted by molar-refractivity contribution is -0.143. The van der Waals surface area contributed by atoms with Crippen molar-refractivity contribution in [1.82, 2.24) is 10.2 Å². The van der Waals surface area contributed by atoms with Gasteiger partial charge in [-0.1, -0.05) is 0 Å². The van der Waals surface area contributed by atoms with Crippen molar-refractivity contribution in [1.29, 1.82) is 0 Å². The smallest absolute Gasteiger partial charge is 0.307 e. The summed E-state index contributed by atoms with van der Waals surface area (Å²) in [6.45, 7) is 5.24. The van der Waals surface area contributed by atoms with E-state index in [2.05, 4.69) is 17.3 Å². The van der Waals surface area contributed by atoms with Gasteiger partial charge in [-0.3, -0.25) is 4.79 Å². The second-order valence-corrected chi connectivity index (χ2v) is 3.68. The molecule has 0 spiro atoms. The van der Waals surface area contributed by atoms with E-state index in [9.17, 15) is 4.79 Å². The molecule has 0 aromatic heterocycles.